The Kier molecular flexibility index (Phi) is 6.50. The maximum absolute atomic E-state index is 9.84. The molecular weight excluding hydrogens is 168 g/mol. The summed E-state index contributed by atoms with van der Waals surface area (Å²) in [6, 6.07) is 0. The molecule has 0 aromatic rings. The molecule has 0 rings (SSSR count). The summed E-state index contributed by atoms with van der Waals surface area (Å²) in [5.74, 6) is 0. The predicted octanol–water partition coefficient (Wildman–Crippen LogP) is -3.03. The summed E-state index contributed by atoms with van der Waals surface area (Å²) >= 11 is 0. The molecule has 0 fully saturated rings. The van der Waals surface area contributed by atoms with Crippen molar-refractivity contribution in [2.24, 2.45) is 0 Å². The maximum atomic E-state index is 9.84. The quantitative estimate of drug-likeness (QED) is 0.205. The van der Waals surface area contributed by atoms with E-state index in [1.807, 2.05) is 0 Å². The molecule has 0 heterocycles. The van der Waals surface area contributed by atoms with Gasteiger partial charge in [-0.25, -0.2) is 0 Å². The molecule has 0 radical (unpaired) electrons. The van der Waals surface area contributed by atoms with Gasteiger partial charge in [-0.05, 0) is 0 Å². The molecule has 0 aromatic carbocycles. The van der Waals surface area contributed by atoms with Crippen molar-refractivity contribution in [3.8, 4) is 0 Å². The van der Waals surface area contributed by atoms with E-state index in [2.05, 4.69) is 0 Å². The third-order valence-corrected chi connectivity index (χ3v) is 0. The van der Waals surface area contributed by atoms with Crippen molar-refractivity contribution in [2.45, 2.75) is 0 Å². The standard InChI is InChI=1S/F5P.FH.Na/c1-6(2,3,4)5;;/h;1H;/q;;+1/p-1. The van der Waals surface area contributed by atoms with Gasteiger partial charge in [-0.3, -0.25) is 0 Å². The average molecular weight is 168 g/mol. The first-order chi connectivity index (χ1) is 2.24. The van der Waals surface area contributed by atoms with Crippen molar-refractivity contribution in [1.29, 1.82) is 0 Å². The molecule has 0 bridgehead atoms. The molecular formula is F6NaP. The van der Waals surface area contributed by atoms with E-state index in [1.54, 1.807) is 0 Å². The van der Waals surface area contributed by atoms with Crippen LogP contribution < -0.4 is 34.3 Å². The molecule has 0 unspecified atom stereocenters. The molecule has 0 aliphatic heterocycles. The topological polar surface area (TPSA) is 0 Å². The Balaban J connectivity index is -0.000000125. The Morgan fingerprint density at radius 3 is 0.750 bits per heavy atom. The Hall–Kier alpha value is 1.01. The van der Waals surface area contributed by atoms with Gasteiger partial charge in [0.05, 0.1) is 0 Å². The monoisotopic (exact) mass is 168 g/mol. The summed E-state index contributed by atoms with van der Waals surface area (Å²) < 4.78 is 49.2. The van der Waals surface area contributed by atoms with Gasteiger partial charge in [0.1, 0.15) is 0 Å². The predicted molar refractivity (Wildman–Crippen MR) is 12.5 cm³/mol. The number of halogens is 6. The molecule has 48 valence electrons. The zero-order valence-electron chi connectivity index (χ0n) is 3.72. The Bertz CT molecular complexity index is 41.7. The van der Waals surface area contributed by atoms with Crippen LogP contribution in [0.2, 0.25) is 0 Å². The summed E-state index contributed by atoms with van der Waals surface area (Å²) in [4.78, 5) is 0. The van der Waals surface area contributed by atoms with E-state index in [0.717, 1.165) is 0 Å². The van der Waals surface area contributed by atoms with E-state index in [0.29, 0.717) is 0 Å². The fourth-order valence-corrected chi connectivity index (χ4v) is 0. The smallest absolute Gasteiger partial charge is 1.00 e. The van der Waals surface area contributed by atoms with E-state index in [4.69, 9.17) is 0 Å². The van der Waals surface area contributed by atoms with Gasteiger partial charge in [0.2, 0.25) is 0 Å². The molecule has 8 heavy (non-hydrogen) atoms. The normalized spacial score (nSPS) is 14.4. The molecule has 0 aromatic heterocycles. The van der Waals surface area contributed by atoms with E-state index in [1.165, 1.54) is 0 Å². The largest absolute Gasteiger partial charge is 1.00 e. The van der Waals surface area contributed by atoms with Crippen molar-refractivity contribution in [3.05, 3.63) is 0 Å². The van der Waals surface area contributed by atoms with Crippen LogP contribution >= 0.6 is 8.16 Å². The van der Waals surface area contributed by atoms with E-state index in [9.17, 15) is 21.0 Å². The van der Waals surface area contributed by atoms with Crippen LogP contribution in [-0.2, 0) is 0 Å². The maximum Gasteiger partial charge on any atom is 1.00 e. The minimum atomic E-state index is -8.55. The molecule has 0 saturated carbocycles. The van der Waals surface area contributed by atoms with Gasteiger partial charge in [-0.2, -0.15) is 0 Å². The van der Waals surface area contributed by atoms with Crippen LogP contribution in [0.4, 0.5) is 21.0 Å². The van der Waals surface area contributed by atoms with E-state index >= 15 is 0 Å². The molecule has 0 saturated heterocycles. The first kappa shape index (κ1) is 16.0. The van der Waals surface area contributed by atoms with Crippen LogP contribution in [0.15, 0.2) is 0 Å². The fourth-order valence-electron chi connectivity index (χ4n) is 0. The molecule has 0 atom stereocenters. The first-order valence-electron chi connectivity index (χ1n) is 0.845. The Labute approximate surface area is 63.6 Å². The van der Waals surface area contributed by atoms with Crippen molar-refractivity contribution < 1.29 is 55.2 Å². The summed E-state index contributed by atoms with van der Waals surface area (Å²) in [6.07, 6.45) is 0. The van der Waals surface area contributed by atoms with Crippen molar-refractivity contribution >= 4 is 8.16 Å². The summed E-state index contributed by atoms with van der Waals surface area (Å²) in [6.45, 7) is 0. The molecule has 8 heteroatoms. The SMILES string of the molecule is FP(F)(F)(F)F.[F-].[Na+]. The van der Waals surface area contributed by atoms with E-state index < -0.39 is 8.16 Å². The summed E-state index contributed by atoms with van der Waals surface area (Å²) in [7, 11) is -8.55. The van der Waals surface area contributed by atoms with Gasteiger partial charge in [-0.1, -0.05) is 0 Å². The van der Waals surface area contributed by atoms with Gasteiger partial charge < -0.3 is 4.70 Å². The molecule has 0 spiro atoms. The van der Waals surface area contributed by atoms with Crippen LogP contribution in [-0.4, -0.2) is 0 Å². The first-order valence-corrected chi connectivity index (χ1v) is 2.54. The van der Waals surface area contributed by atoms with Crippen molar-refractivity contribution in [2.75, 3.05) is 0 Å². The zero-order chi connectivity index (χ0) is 5.45. The average Bonchev–Trinajstić information content (AvgIpc) is 0.650. The third kappa shape index (κ3) is 248. The molecule has 0 N–H and O–H groups in total. The second kappa shape index (κ2) is 3.25. The zero-order valence-corrected chi connectivity index (χ0v) is 6.61. The number of hydrogen-bond donors (Lipinski definition) is 0. The number of rotatable bonds is 0. The van der Waals surface area contributed by atoms with Crippen LogP contribution in [0, 0.1) is 0 Å². The van der Waals surface area contributed by atoms with Crippen molar-refractivity contribution in [1.82, 2.24) is 0 Å². The van der Waals surface area contributed by atoms with Crippen LogP contribution in [0.1, 0.15) is 0 Å². The third-order valence-electron chi connectivity index (χ3n) is 0. The van der Waals surface area contributed by atoms with Gasteiger partial charge in [0, 0.05) is 0 Å². The molecule has 0 nitrogen and oxygen atoms in total. The van der Waals surface area contributed by atoms with Crippen molar-refractivity contribution in [3.63, 3.8) is 0 Å². The minimum Gasteiger partial charge on any atom is -1.00 e. The minimum absolute atomic E-state index is 0. The van der Waals surface area contributed by atoms with Gasteiger partial charge in [0.15, 0.2) is 0 Å². The Morgan fingerprint density at radius 2 is 0.750 bits per heavy atom. The molecule has 0 amide bonds. The Morgan fingerprint density at radius 1 is 0.750 bits per heavy atom. The van der Waals surface area contributed by atoms with Gasteiger partial charge in [-0.15, -0.1) is 0 Å². The van der Waals surface area contributed by atoms with Crippen LogP contribution in [0.3, 0.4) is 0 Å². The second-order valence-corrected chi connectivity index (χ2v) is 1.92. The fraction of sp³-hybridized carbons (Fsp3) is 0. The second-order valence-electron chi connectivity index (χ2n) is 0.639. The summed E-state index contributed by atoms with van der Waals surface area (Å²) in [5, 5.41) is 0. The molecule has 0 aliphatic rings. The van der Waals surface area contributed by atoms with Crippen LogP contribution in [0.25, 0.3) is 0 Å². The molecule has 0 aliphatic carbocycles. The van der Waals surface area contributed by atoms with Crippen LogP contribution in [0.5, 0.6) is 0 Å². The van der Waals surface area contributed by atoms with Gasteiger partial charge in [0.25, 0.3) is 0 Å². The number of hydrogen-bond acceptors (Lipinski definition) is 0. The van der Waals surface area contributed by atoms with E-state index in [-0.39, 0.29) is 34.3 Å². The van der Waals surface area contributed by atoms with Gasteiger partial charge >= 0.3 is 58.7 Å². The summed E-state index contributed by atoms with van der Waals surface area (Å²) in [5.41, 5.74) is 0.